The highest BCUT2D eigenvalue weighted by molar-refractivity contribution is 5.94. The number of carbonyl (C=O) groups is 1. The lowest BCUT2D eigenvalue weighted by Gasteiger charge is -2.45. The van der Waals surface area contributed by atoms with Crippen molar-refractivity contribution in [3.63, 3.8) is 0 Å². The summed E-state index contributed by atoms with van der Waals surface area (Å²) >= 11 is 0. The first-order valence-corrected chi connectivity index (χ1v) is 10.9. The smallest absolute Gasteiger partial charge is 0.312 e. The van der Waals surface area contributed by atoms with Crippen LogP contribution in [0.2, 0.25) is 0 Å². The quantitative estimate of drug-likeness (QED) is 0.521. The molecule has 2 heterocycles. The molecule has 1 aliphatic heterocycles. The minimum atomic E-state index is -0.401. The van der Waals surface area contributed by atoms with Crippen molar-refractivity contribution in [2.24, 2.45) is 0 Å². The van der Waals surface area contributed by atoms with Gasteiger partial charge in [-0.05, 0) is 59.2 Å². The zero-order valence-electron chi connectivity index (χ0n) is 19.7. The molecule has 1 aliphatic rings. The molecule has 3 rings (SSSR count). The minimum absolute atomic E-state index is 0.0488. The second kappa shape index (κ2) is 9.38. The second-order valence-corrected chi connectivity index (χ2v) is 9.29. The molecular weight excluding hydrogens is 410 g/mol. The molecule has 2 aromatic rings. The van der Waals surface area contributed by atoms with Gasteiger partial charge in [-0.1, -0.05) is 12.1 Å². The van der Waals surface area contributed by atoms with Gasteiger partial charge in [0.15, 0.2) is 0 Å². The third-order valence-corrected chi connectivity index (χ3v) is 6.03. The van der Waals surface area contributed by atoms with Crippen LogP contribution in [-0.2, 0) is 11.3 Å². The Bertz CT molecular complexity index is 973. The number of aromatic nitrogens is 2. The number of hydrogen-bond acceptors (Lipinski definition) is 6. The van der Waals surface area contributed by atoms with Gasteiger partial charge in [-0.3, -0.25) is 24.5 Å². The van der Waals surface area contributed by atoms with Gasteiger partial charge < -0.3 is 10.1 Å². The number of nitrogens with one attached hydrogen (secondary N) is 1. The van der Waals surface area contributed by atoms with Crippen LogP contribution in [0.4, 0.5) is 5.69 Å². The summed E-state index contributed by atoms with van der Waals surface area (Å²) in [6, 6.07) is 7.26. The first-order valence-electron chi connectivity index (χ1n) is 10.9. The summed E-state index contributed by atoms with van der Waals surface area (Å²) in [5.74, 6) is -0.124. The van der Waals surface area contributed by atoms with Crippen molar-refractivity contribution in [3.05, 3.63) is 56.9 Å². The van der Waals surface area contributed by atoms with Gasteiger partial charge in [0.25, 0.3) is 5.91 Å². The molecular formula is C23H33N5O4. The van der Waals surface area contributed by atoms with Crippen LogP contribution < -0.4 is 5.32 Å². The molecule has 9 heteroatoms. The van der Waals surface area contributed by atoms with Crippen LogP contribution >= 0.6 is 0 Å². The fourth-order valence-corrected chi connectivity index (χ4v) is 4.22. The Kier molecular flexibility index (Phi) is 7.00. The number of rotatable bonds is 7. The highest BCUT2D eigenvalue weighted by Gasteiger charge is 2.33. The van der Waals surface area contributed by atoms with Crippen LogP contribution in [0.5, 0.6) is 0 Å². The molecule has 1 amide bonds. The van der Waals surface area contributed by atoms with E-state index in [0.29, 0.717) is 30.0 Å². The second-order valence-electron chi connectivity index (χ2n) is 9.29. The van der Waals surface area contributed by atoms with Crippen molar-refractivity contribution >= 4 is 11.6 Å². The normalized spacial score (nSPS) is 19.7. The maximum absolute atomic E-state index is 12.7. The highest BCUT2D eigenvalue weighted by Crippen LogP contribution is 2.23. The van der Waals surface area contributed by atoms with Crippen molar-refractivity contribution in [2.75, 3.05) is 19.6 Å². The predicted octanol–water partition coefficient (Wildman–Crippen LogP) is 3.07. The molecule has 0 aliphatic carbocycles. The molecule has 0 bridgehead atoms. The van der Waals surface area contributed by atoms with Crippen LogP contribution in [0.3, 0.4) is 0 Å². The van der Waals surface area contributed by atoms with Gasteiger partial charge in [-0.15, -0.1) is 0 Å². The molecule has 0 radical (unpaired) electrons. The van der Waals surface area contributed by atoms with E-state index in [9.17, 15) is 14.9 Å². The molecule has 2 unspecified atom stereocenters. The van der Waals surface area contributed by atoms with E-state index in [0.717, 1.165) is 18.7 Å². The summed E-state index contributed by atoms with van der Waals surface area (Å²) in [4.78, 5) is 25.9. The van der Waals surface area contributed by atoms with Gasteiger partial charge >= 0.3 is 5.69 Å². The number of nitro groups is 1. The molecule has 9 nitrogen and oxygen atoms in total. The lowest BCUT2D eigenvalue weighted by Crippen LogP contribution is -2.58. The van der Waals surface area contributed by atoms with Crippen LogP contribution in [0.15, 0.2) is 24.3 Å². The number of nitrogens with zero attached hydrogens (tertiary/aromatic N) is 4. The van der Waals surface area contributed by atoms with Gasteiger partial charge in [0.2, 0.25) is 0 Å². The Balaban J connectivity index is 1.61. The predicted molar refractivity (Wildman–Crippen MR) is 122 cm³/mol. The van der Waals surface area contributed by atoms with E-state index in [1.54, 1.807) is 30.7 Å². The number of carbonyl (C=O) groups excluding carboxylic acids is 1. The molecule has 1 N–H and O–H groups in total. The zero-order valence-corrected chi connectivity index (χ0v) is 19.7. The Labute approximate surface area is 188 Å². The van der Waals surface area contributed by atoms with Gasteiger partial charge in [0, 0.05) is 30.7 Å². The molecule has 0 spiro atoms. The highest BCUT2D eigenvalue weighted by atomic mass is 16.6. The molecule has 1 aromatic carbocycles. The summed E-state index contributed by atoms with van der Waals surface area (Å²) in [5.41, 5.74) is 2.27. The van der Waals surface area contributed by atoms with Gasteiger partial charge in [0.1, 0.15) is 11.4 Å². The third-order valence-electron chi connectivity index (χ3n) is 6.03. The summed E-state index contributed by atoms with van der Waals surface area (Å²) < 4.78 is 7.44. The largest absolute Gasteiger partial charge is 0.373 e. The molecule has 1 aromatic heterocycles. The van der Waals surface area contributed by atoms with Crippen molar-refractivity contribution < 1.29 is 14.5 Å². The minimum Gasteiger partial charge on any atom is -0.373 e. The fraction of sp³-hybridized carbons (Fsp3) is 0.565. The first-order chi connectivity index (χ1) is 15.0. The zero-order chi connectivity index (χ0) is 23.6. The van der Waals surface area contributed by atoms with Gasteiger partial charge in [-0.2, -0.15) is 5.10 Å². The number of aryl methyl sites for hydroxylation is 1. The van der Waals surface area contributed by atoms with Gasteiger partial charge in [-0.25, -0.2) is 0 Å². The van der Waals surface area contributed by atoms with E-state index in [1.807, 2.05) is 12.1 Å². The van der Waals surface area contributed by atoms with Crippen LogP contribution in [0.25, 0.3) is 0 Å². The summed E-state index contributed by atoms with van der Waals surface area (Å²) in [6.07, 6.45) is 0.342. The maximum Gasteiger partial charge on any atom is 0.312 e. The van der Waals surface area contributed by atoms with E-state index in [1.165, 1.54) is 0 Å². The van der Waals surface area contributed by atoms with E-state index >= 15 is 0 Å². The van der Waals surface area contributed by atoms with Crippen molar-refractivity contribution in [1.29, 1.82) is 0 Å². The fourth-order valence-electron chi connectivity index (χ4n) is 4.22. The Morgan fingerprint density at radius 3 is 2.34 bits per heavy atom. The van der Waals surface area contributed by atoms with Crippen molar-refractivity contribution in [3.8, 4) is 0 Å². The Hall–Kier alpha value is -2.78. The lowest BCUT2D eigenvalue weighted by molar-refractivity contribution is -0.386. The number of benzene rings is 1. The number of morpholine rings is 1. The van der Waals surface area contributed by atoms with E-state index in [4.69, 9.17) is 4.74 Å². The van der Waals surface area contributed by atoms with Crippen molar-refractivity contribution in [2.45, 2.75) is 65.8 Å². The average Bonchev–Trinajstić information content (AvgIpc) is 2.99. The molecule has 2 atom stereocenters. The lowest BCUT2D eigenvalue weighted by atomic mass is 9.99. The van der Waals surface area contributed by atoms with Crippen molar-refractivity contribution in [1.82, 2.24) is 20.0 Å². The monoisotopic (exact) mass is 443 g/mol. The summed E-state index contributed by atoms with van der Waals surface area (Å²) in [7, 11) is 0. The van der Waals surface area contributed by atoms with Crippen LogP contribution in [0.1, 0.15) is 55.0 Å². The van der Waals surface area contributed by atoms with Gasteiger partial charge in [0.05, 0.1) is 23.7 Å². The molecule has 0 saturated carbocycles. The standard InChI is InChI=1S/C23H33N5O4/c1-15-11-26(12-16(2)32-15)23(5,6)14-24-22(29)20-9-7-19(8-10-20)13-27-18(4)21(28(30)31)17(3)25-27/h7-10,15-16H,11-14H2,1-6H3,(H,24,29). The summed E-state index contributed by atoms with van der Waals surface area (Å²) in [6.45, 7) is 14.4. The Morgan fingerprint density at radius 2 is 1.81 bits per heavy atom. The van der Waals surface area contributed by atoms with Crippen LogP contribution in [-0.4, -0.2) is 62.9 Å². The SMILES string of the molecule is Cc1nn(Cc2ccc(C(=O)NCC(C)(C)N3CC(C)OC(C)C3)cc2)c(C)c1[N+](=O)[O-]. The van der Waals surface area contributed by atoms with E-state index in [-0.39, 0.29) is 29.3 Å². The first kappa shape index (κ1) is 23.9. The topological polar surface area (TPSA) is 103 Å². The number of hydrogen-bond donors (Lipinski definition) is 1. The van der Waals surface area contributed by atoms with E-state index in [2.05, 4.69) is 43.0 Å². The molecule has 174 valence electrons. The Morgan fingerprint density at radius 1 is 1.22 bits per heavy atom. The molecule has 32 heavy (non-hydrogen) atoms. The van der Waals surface area contributed by atoms with E-state index < -0.39 is 4.92 Å². The number of amides is 1. The third kappa shape index (κ3) is 5.34. The average molecular weight is 444 g/mol. The molecule has 1 fully saturated rings. The molecule has 1 saturated heterocycles. The number of ether oxygens (including phenoxy) is 1. The summed E-state index contributed by atoms with van der Waals surface area (Å²) in [5, 5.41) is 18.5. The van der Waals surface area contributed by atoms with Crippen LogP contribution in [0, 0.1) is 24.0 Å². The maximum atomic E-state index is 12.7.